The minimum absolute atomic E-state index is 0.0330. The molecule has 7 heteroatoms. The van der Waals surface area contributed by atoms with E-state index in [2.05, 4.69) is 6.58 Å². The molecule has 1 aromatic rings. The normalized spacial score (nSPS) is 13.0. The molecule has 1 amide bonds. The molecule has 0 spiro atoms. The van der Waals surface area contributed by atoms with Gasteiger partial charge in [-0.2, -0.15) is 0 Å². The van der Waals surface area contributed by atoms with Crippen LogP contribution in [0.2, 0.25) is 5.02 Å². The predicted molar refractivity (Wildman–Crippen MR) is 89.0 cm³/mol. The Morgan fingerprint density at radius 2 is 2.04 bits per heavy atom. The number of carbonyl (C=O) groups is 2. The quantitative estimate of drug-likeness (QED) is 0.530. The van der Waals surface area contributed by atoms with E-state index < -0.39 is 29.9 Å². The van der Waals surface area contributed by atoms with Crippen LogP contribution < -0.4 is 0 Å². The number of nitrogens with zero attached hydrogens (tertiary/aromatic N) is 1. The molecule has 24 heavy (non-hydrogen) atoms. The molecule has 0 saturated carbocycles. The summed E-state index contributed by atoms with van der Waals surface area (Å²) in [7, 11) is 1.48. The van der Waals surface area contributed by atoms with Crippen LogP contribution >= 0.6 is 11.6 Å². The van der Waals surface area contributed by atoms with E-state index in [4.69, 9.17) is 21.1 Å². The van der Waals surface area contributed by atoms with Gasteiger partial charge in [-0.15, -0.1) is 6.58 Å². The fourth-order valence-electron chi connectivity index (χ4n) is 1.91. The highest BCUT2D eigenvalue weighted by atomic mass is 35.5. The first-order valence-corrected chi connectivity index (χ1v) is 7.76. The molecule has 2 atom stereocenters. The zero-order chi connectivity index (χ0) is 18.3. The van der Waals surface area contributed by atoms with E-state index in [0.717, 1.165) is 0 Å². The van der Waals surface area contributed by atoms with Crippen molar-refractivity contribution in [1.29, 1.82) is 0 Å². The largest absolute Gasteiger partial charge is 0.451 e. The number of ether oxygens (including phenoxy) is 2. The summed E-state index contributed by atoms with van der Waals surface area (Å²) in [5.74, 6) is -1.63. The Balaban J connectivity index is 2.64. The number of hydrogen-bond acceptors (Lipinski definition) is 4. The molecular formula is C17H21ClFNO4. The van der Waals surface area contributed by atoms with Gasteiger partial charge in [0.05, 0.1) is 6.61 Å². The maximum absolute atomic E-state index is 13.8. The van der Waals surface area contributed by atoms with E-state index in [-0.39, 0.29) is 23.7 Å². The number of amides is 1. The summed E-state index contributed by atoms with van der Waals surface area (Å²) >= 11 is 5.94. The summed E-state index contributed by atoms with van der Waals surface area (Å²) in [5.41, 5.74) is 0.205. The number of halogens is 2. The van der Waals surface area contributed by atoms with Crippen molar-refractivity contribution in [1.82, 2.24) is 4.90 Å². The number of carbonyl (C=O) groups excluding carboxylic acids is 2. The molecule has 0 N–H and O–H groups in total. The summed E-state index contributed by atoms with van der Waals surface area (Å²) in [5, 5.41) is 0.228. The highest BCUT2D eigenvalue weighted by Gasteiger charge is 2.25. The van der Waals surface area contributed by atoms with Gasteiger partial charge >= 0.3 is 5.97 Å². The summed E-state index contributed by atoms with van der Waals surface area (Å²) in [4.78, 5) is 25.3. The fourth-order valence-corrected chi connectivity index (χ4v) is 2.13. The molecule has 0 aliphatic heterocycles. The smallest absolute Gasteiger partial charge is 0.335 e. The van der Waals surface area contributed by atoms with E-state index in [1.165, 1.54) is 44.0 Å². The van der Waals surface area contributed by atoms with Gasteiger partial charge in [-0.3, -0.25) is 4.79 Å². The third-order valence-electron chi connectivity index (χ3n) is 3.27. The van der Waals surface area contributed by atoms with Crippen LogP contribution in [-0.4, -0.2) is 42.6 Å². The molecule has 0 fully saturated rings. The number of rotatable bonds is 8. The molecule has 0 heterocycles. The van der Waals surface area contributed by atoms with Crippen molar-refractivity contribution < 1.29 is 23.5 Å². The lowest BCUT2D eigenvalue weighted by Gasteiger charge is -2.23. The second kappa shape index (κ2) is 9.39. The Kier molecular flexibility index (Phi) is 7.88. The summed E-state index contributed by atoms with van der Waals surface area (Å²) in [6, 6.07) is 4.29. The lowest BCUT2D eigenvalue weighted by atomic mass is 10.2. The summed E-state index contributed by atoms with van der Waals surface area (Å²) < 4.78 is 24.0. The molecule has 0 radical (unpaired) electrons. The molecule has 2 unspecified atom stereocenters. The number of likely N-dealkylation sites (N-methyl/N-ethyl adjacent to an activating group) is 1. The molecule has 1 aromatic carbocycles. The minimum Gasteiger partial charge on any atom is -0.451 e. The molecule has 5 nitrogen and oxygen atoms in total. The van der Waals surface area contributed by atoms with Gasteiger partial charge < -0.3 is 14.4 Å². The Morgan fingerprint density at radius 3 is 2.62 bits per heavy atom. The lowest BCUT2D eigenvalue weighted by molar-refractivity contribution is -0.167. The first-order valence-electron chi connectivity index (χ1n) is 7.38. The van der Waals surface area contributed by atoms with E-state index in [1.807, 2.05) is 0 Å². The van der Waals surface area contributed by atoms with Gasteiger partial charge in [-0.25, -0.2) is 9.18 Å². The Labute approximate surface area is 146 Å². The van der Waals surface area contributed by atoms with E-state index >= 15 is 0 Å². The predicted octanol–water partition coefficient (Wildman–Crippen LogP) is 2.96. The maximum Gasteiger partial charge on any atom is 0.335 e. The fraction of sp³-hybridized carbons (Fsp3) is 0.412. The highest BCUT2D eigenvalue weighted by Crippen LogP contribution is 2.20. The van der Waals surface area contributed by atoms with Crippen LogP contribution in [0, 0.1) is 5.82 Å². The van der Waals surface area contributed by atoms with Crippen LogP contribution in [0.15, 0.2) is 30.9 Å². The second-order valence-electron chi connectivity index (χ2n) is 5.24. The van der Waals surface area contributed by atoms with E-state index in [1.54, 1.807) is 6.07 Å². The Hall–Kier alpha value is -1.92. The number of benzene rings is 1. The highest BCUT2D eigenvalue weighted by molar-refractivity contribution is 6.31. The van der Waals surface area contributed by atoms with Crippen LogP contribution in [0.1, 0.15) is 19.4 Å². The SMILES string of the molecule is C=CCOC(C)C(=O)OC(C)C(=O)N(C)Cc1c(F)cccc1Cl. The van der Waals surface area contributed by atoms with Crippen molar-refractivity contribution in [3.8, 4) is 0 Å². The maximum atomic E-state index is 13.8. The van der Waals surface area contributed by atoms with Crippen LogP contribution in [0.3, 0.4) is 0 Å². The molecule has 0 saturated heterocycles. The monoisotopic (exact) mass is 357 g/mol. The van der Waals surface area contributed by atoms with E-state index in [0.29, 0.717) is 0 Å². The first-order chi connectivity index (χ1) is 11.3. The Morgan fingerprint density at radius 1 is 1.38 bits per heavy atom. The minimum atomic E-state index is -1.03. The molecule has 0 bridgehead atoms. The van der Waals surface area contributed by atoms with Crippen molar-refractivity contribution in [2.24, 2.45) is 0 Å². The lowest BCUT2D eigenvalue weighted by Crippen LogP contribution is -2.39. The van der Waals surface area contributed by atoms with Gasteiger partial charge in [-0.1, -0.05) is 23.7 Å². The number of hydrogen-bond donors (Lipinski definition) is 0. The standard InChI is InChI=1S/C17H21ClFNO4/c1-5-9-23-12(3)17(22)24-11(2)16(21)20(4)10-13-14(18)7-6-8-15(13)19/h5-8,11-12H,1,9-10H2,2-4H3. The van der Waals surface area contributed by atoms with Crippen LogP contribution in [0.4, 0.5) is 4.39 Å². The average Bonchev–Trinajstić information content (AvgIpc) is 2.54. The van der Waals surface area contributed by atoms with Crippen LogP contribution in [-0.2, 0) is 25.6 Å². The van der Waals surface area contributed by atoms with Crippen molar-refractivity contribution in [2.45, 2.75) is 32.6 Å². The average molecular weight is 358 g/mol. The van der Waals surface area contributed by atoms with Gasteiger partial charge in [0.15, 0.2) is 12.2 Å². The van der Waals surface area contributed by atoms with E-state index in [9.17, 15) is 14.0 Å². The molecule has 1 rings (SSSR count). The number of esters is 1. The van der Waals surface area contributed by atoms with Crippen molar-refractivity contribution in [2.75, 3.05) is 13.7 Å². The van der Waals surface area contributed by atoms with Gasteiger partial charge in [0.25, 0.3) is 5.91 Å². The zero-order valence-electron chi connectivity index (χ0n) is 13.9. The van der Waals surface area contributed by atoms with Gasteiger partial charge in [0, 0.05) is 24.2 Å². The Bertz CT molecular complexity index is 588. The summed E-state index contributed by atoms with van der Waals surface area (Å²) in [6.45, 7) is 6.61. The molecular weight excluding hydrogens is 337 g/mol. The van der Waals surface area contributed by atoms with Gasteiger partial charge in [0.1, 0.15) is 5.82 Å². The molecule has 0 aliphatic carbocycles. The molecule has 0 aromatic heterocycles. The second-order valence-corrected chi connectivity index (χ2v) is 5.65. The first kappa shape index (κ1) is 20.1. The topological polar surface area (TPSA) is 55.8 Å². The van der Waals surface area contributed by atoms with Crippen molar-refractivity contribution in [3.63, 3.8) is 0 Å². The summed E-state index contributed by atoms with van der Waals surface area (Å²) in [6.07, 6.45) is -0.336. The van der Waals surface area contributed by atoms with Gasteiger partial charge in [0.2, 0.25) is 0 Å². The zero-order valence-corrected chi connectivity index (χ0v) is 14.7. The van der Waals surface area contributed by atoms with Crippen molar-refractivity contribution >= 4 is 23.5 Å². The molecule has 0 aliphatic rings. The van der Waals surface area contributed by atoms with Gasteiger partial charge in [-0.05, 0) is 26.0 Å². The van der Waals surface area contributed by atoms with Crippen LogP contribution in [0.5, 0.6) is 0 Å². The molecule has 132 valence electrons. The third kappa shape index (κ3) is 5.62. The van der Waals surface area contributed by atoms with Crippen LogP contribution in [0.25, 0.3) is 0 Å². The third-order valence-corrected chi connectivity index (χ3v) is 3.62. The van der Waals surface area contributed by atoms with Crippen molar-refractivity contribution in [3.05, 3.63) is 47.3 Å².